The third-order valence-corrected chi connectivity index (χ3v) is 3.97. The molecule has 2 N–H and O–H groups in total. The van der Waals surface area contributed by atoms with Crippen molar-refractivity contribution in [1.29, 1.82) is 0 Å². The SMILES string of the molecule is Cc1ccc(C(CN)N2CCN(C)C(C)C2)cn1. The third-order valence-electron chi connectivity index (χ3n) is 3.97. The number of rotatable bonds is 3. The molecule has 0 radical (unpaired) electrons. The quantitative estimate of drug-likeness (QED) is 0.867. The molecule has 1 aromatic rings. The van der Waals surface area contributed by atoms with Crippen LogP contribution < -0.4 is 5.73 Å². The second-order valence-corrected chi connectivity index (χ2v) is 5.31. The fraction of sp³-hybridized carbons (Fsp3) is 0.643. The number of aromatic nitrogens is 1. The number of hydrogen-bond acceptors (Lipinski definition) is 4. The predicted molar refractivity (Wildman–Crippen MR) is 74.4 cm³/mol. The molecule has 1 fully saturated rings. The van der Waals surface area contributed by atoms with Gasteiger partial charge in [0, 0.05) is 50.2 Å². The van der Waals surface area contributed by atoms with Gasteiger partial charge in [-0.15, -0.1) is 0 Å². The molecule has 0 aliphatic carbocycles. The van der Waals surface area contributed by atoms with Crippen molar-refractivity contribution in [2.45, 2.75) is 25.9 Å². The first kappa shape index (κ1) is 13.5. The first-order valence-corrected chi connectivity index (χ1v) is 6.68. The zero-order valence-corrected chi connectivity index (χ0v) is 11.6. The standard InChI is InChI=1S/C14H24N4/c1-11-4-5-13(9-16-11)14(8-15)18-7-6-17(3)12(2)10-18/h4-5,9,12,14H,6-8,10,15H2,1-3H3. The van der Waals surface area contributed by atoms with E-state index in [1.54, 1.807) is 0 Å². The fourth-order valence-corrected chi connectivity index (χ4v) is 2.53. The van der Waals surface area contributed by atoms with Crippen LogP contribution in [0.1, 0.15) is 24.2 Å². The zero-order valence-electron chi connectivity index (χ0n) is 11.6. The van der Waals surface area contributed by atoms with Gasteiger partial charge in [-0.25, -0.2) is 0 Å². The summed E-state index contributed by atoms with van der Waals surface area (Å²) in [6.45, 7) is 8.20. The molecule has 0 saturated carbocycles. The topological polar surface area (TPSA) is 45.4 Å². The smallest absolute Gasteiger partial charge is 0.0486 e. The minimum atomic E-state index is 0.300. The van der Waals surface area contributed by atoms with Gasteiger partial charge in [0.25, 0.3) is 0 Å². The van der Waals surface area contributed by atoms with E-state index in [-0.39, 0.29) is 0 Å². The lowest BCUT2D eigenvalue weighted by Gasteiger charge is -2.41. The molecule has 2 rings (SSSR count). The fourth-order valence-electron chi connectivity index (χ4n) is 2.53. The van der Waals surface area contributed by atoms with E-state index in [1.165, 1.54) is 5.56 Å². The van der Waals surface area contributed by atoms with E-state index in [1.807, 2.05) is 13.1 Å². The van der Waals surface area contributed by atoms with Crippen LogP contribution in [0.3, 0.4) is 0 Å². The molecule has 4 heteroatoms. The molecule has 1 aliphatic rings. The normalized spacial score (nSPS) is 24.1. The molecule has 1 aliphatic heterocycles. The van der Waals surface area contributed by atoms with Crippen molar-refractivity contribution in [3.8, 4) is 0 Å². The Hall–Kier alpha value is -0.970. The van der Waals surface area contributed by atoms with E-state index < -0.39 is 0 Å². The van der Waals surface area contributed by atoms with Gasteiger partial charge < -0.3 is 10.6 Å². The summed E-state index contributed by atoms with van der Waals surface area (Å²) >= 11 is 0. The van der Waals surface area contributed by atoms with Gasteiger partial charge in [0.1, 0.15) is 0 Å². The number of aryl methyl sites for hydroxylation is 1. The van der Waals surface area contributed by atoms with Gasteiger partial charge in [-0.3, -0.25) is 9.88 Å². The van der Waals surface area contributed by atoms with Crippen LogP contribution in [-0.4, -0.2) is 54.1 Å². The highest BCUT2D eigenvalue weighted by Gasteiger charge is 2.26. The van der Waals surface area contributed by atoms with Crippen molar-refractivity contribution in [3.63, 3.8) is 0 Å². The maximum atomic E-state index is 5.97. The third kappa shape index (κ3) is 2.88. The van der Waals surface area contributed by atoms with Gasteiger partial charge in [-0.05, 0) is 32.5 Å². The molecule has 1 saturated heterocycles. The van der Waals surface area contributed by atoms with E-state index in [4.69, 9.17) is 5.73 Å². The Labute approximate surface area is 110 Å². The number of pyridine rings is 1. The number of piperazine rings is 1. The number of nitrogens with two attached hydrogens (primary N) is 1. The summed E-state index contributed by atoms with van der Waals surface area (Å²) in [7, 11) is 2.19. The molecule has 0 amide bonds. The lowest BCUT2D eigenvalue weighted by Crippen LogP contribution is -2.52. The number of nitrogens with zero attached hydrogens (tertiary/aromatic N) is 3. The van der Waals surface area contributed by atoms with E-state index in [2.05, 4.69) is 40.9 Å². The van der Waals surface area contributed by atoms with E-state index in [0.29, 0.717) is 18.6 Å². The average Bonchev–Trinajstić information content (AvgIpc) is 2.37. The van der Waals surface area contributed by atoms with Crippen molar-refractivity contribution < 1.29 is 0 Å². The molecule has 0 bridgehead atoms. The molecule has 1 aromatic heterocycles. The molecule has 0 aromatic carbocycles. The summed E-state index contributed by atoms with van der Waals surface area (Å²) < 4.78 is 0. The maximum Gasteiger partial charge on any atom is 0.0486 e. The Morgan fingerprint density at radius 1 is 1.44 bits per heavy atom. The van der Waals surface area contributed by atoms with Crippen LogP contribution in [-0.2, 0) is 0 Å². The predicted octanol–water partition coefficient (Wildman–Crippen LogP) is 1.03. The highest BCUT2D eigenvalue weighted by Crippen LogP contribution is 2.22. The van der Waals surface area contributed by atoms with E-state index in [0.717, 1.165) is 25.3 Å². The second kappa shape index (κ2) is 5.78. The minimum Gasteiger partial charge on any atom is -0.329 e. The molecule has 2 heterocycles. The van der Waals surface area contributed by atoms with Crippen LogP contribution in [0.15, 0.2) is 18.3 Å². The summed E-state index contributed by atoms with van der Waals surface area (Å²) in [5.74, 6) is 0. The summed E-state index contributed by atoms with van der Waals surface area (Å²) in [5.41, 5.74) is 8.26. The first-order valence-electron chi connectivity index (χ1n) is 6.68. The second-order valence-electron chi connectivity index (χ2n) is 5.31. The van der Waals surface area contributed by atoms with E-state index in [9.17, 15) is 0 Å². The molecule has 2 unspecified atom stereocenters. The number of hydrogen-bond donors (Lipinski definition) is 1. The summed E-state index contributed by atoms with van der Waals surface area (Å²) in [6.07, 6.45) is 1.97. The Balaban J connectivity index is 2.11. The van der Waals surface area contributed by atoms with Crippen LogP contribution in [0.2, 0.25) is 0 Å². The van der Waals surface area contributed by atoms with Gasteiger partial charge in [0.05, 0.1) is 0 Å². The maximum absolute atomic E-state index is 5.97. The van der Waals surface area contributed by atoms with Crippen LogP contribution in [0, 0.1) is 6.92 Å². The Morgan fingerprint density at radius 2 is 2.22 bits per heavy atom. The summed E-state index contributed by atoms with van der Waals surface area (Å²) in [4.78, 5) is 9.27. The molecular formula is C14H24N4. The lowest BCUT2D eigenvalue weighted by atomic mass is 10.0. The summed E-state index contributed by atoms with van der Waals surface area (Å²) in [6, 6.07) is 5.11. The van der Waals surface area contributed by atoms with Crippen LogP contribution in [0.5, 0.6) is 0 Å². The highest BCUT2D eigenvalue weighted by molar-refractivity contribution is 5.18. The largest absolute Gasteiger partial charge is 0.329 e. The van der Waals surface area contributed by atoms with Crippen molar-refractivity contribution in [3.05, 3.63) is 29.6 Å². The van der Waals surface area contributed by atoms with Gasteiger partial charge in [-0.2, -0.15) is 0 Å². The van der Waals surface area contributed by atoms with Gasteiger partial charge in [0.2, 0.25) is 0 Å². The Bertz CT molecular complexity index is 376. The average molecular weight is 248 g/mol. The molecule has 100 valence electrons. The van der Waals surface area contributed by atoms with Crippen molar-refractivity contribution in [2.24, 2.45) is 5.73 Å². The molecule has 2 atom stereocenters. The minimum absolute atomic E-state index is 0.300. The number of likely N-dealkylation sites (N-methyl/N-ethyl adjacent to an activating group) is 1. The van der Waals surface area contributed by atoms with E-state index >= 15 is 0 Å². The van der Waals surface area contributed by atoms with Crippen molar-refractivity contribution in [1.82, 2.24) is 14.8 Å². The van der Waals surface area contributed by atoms with Gasteiger partial charge in [0.15, 0.2) is 0 Å². The first-order chi connectivity index (χ1) is 8.61. The van der Waals surface area contributed by atoms with Gasteiger partial charge >= 0.3 is 0 Å². The lowest BCUT2D eigenvalue weighted by molar-refractivity contribution is 0.0740. The molecule has 0 spiro atoms. The molecular weight excluding hydrogens is 224 g/mol. The van der Waals surface area contributed by atoms with Crippen LogP contribution in [0.25, 0.3) is 0 Å². The Morgan fingerprint density at radius 3 is 2.78 bits per heavy atom. The monoisotopic (exact) mass is 248 g/mol. The Kier molecular flexibility index (Phi) is 4.32. The van der Waals surface area contributed by atoms with Crippen molar-refractivity contribution >= 4 is 0 Å². The summed E-state index contributed by atoms with van der Waals surface area (Å²) in [5, 5.41) is 0. The molecule has 4 nitrogen and oxygen atoms in total. The van der Waals surface area contributed by atoms with Crippen molar-refractivity contribution in [2.75, 3.05) is 33.2 Å². The zero-order chi connectivity index (χ0) is 13.1. The van der Waals surface area contributed by atoms with Crippen LogP contribution >= 0.6 is 0 Å². The van der Waals surface area contributed by atoms with Gasteiger partial charge in [-0.1, -0.05) is 6.07 Å². The molecule has 18 heavy (non-hydrogen) atoms. The highest BCUT2D eigenvalue weighted by atomic mass is 15.3. The van der Waals surface area contributed by atoms with Crippen LogP contribution in [0.4, 0.5) is 0 Å².